The van der Waals surface area contributed by atoms with E-state index in [4.69, 9.17) is 0 Å². The van der Waals surface area contributed by atoms with Gasteiger partial charge in [-0.15, -0.1) is 11.3 Å². The van der Waals surface area contributed by atoms with Crippen LogP contribution in [0.1, 0.15) is 69.3 Å². The molecule has 4 rings (SSSR count). The van der Waals surface area contributed by atoms with Crippen LogP contribution in [0.4, 0.5) is 5.13 Å². The molecule has 0 aliphatic heterocycles. The second-order valence-corrected chi connectivity index (χ2v) is 9.41. The minimum absolute atomic E-state index is 0.0497. The number of aryl methyl sites for hydroxylation is 1. The predicted octanol–water partition coefficient (Wildman–Crippen LogP) is 4.49. The SMILES string of the molecule is CC1(C)CC(=O)c2sc(NC(=O)c3csc4c3CCCC4)nc2C1. The number of hydrogen-bond acceptors (Lipinski definition) is 5. The molecule has 0 aromatic carbocycles. The largest absolute Gasteiger partial charge is 0.298 e. The number of rotatable bonds is 2. The highest BCUT2D eigenvalue weighted by Gasteiger charge is 2.34. The van der Waals surface area contributed by atoms with Gasteiger partial charge in [0.2, 0.25) is 0 Å². The molecule has 2 aliphatic carbocycles. The molecule has 0 atom stereocenters. The summed E-state index contributed by atoms with van der Waals surface area (Å²) in [4.78, 5) is 31.5. The number of aromatic nitrogens is 1. The minimum atomic E-state index is -0.0905. The molecule has 2 aromatic heterocycles. The van der Waals surface area contributed by atoms with E-state index in [-0.39, 0.29) is 17.1 Å². The van der Waals surface area contributed by atoms with E-state index in [0.717, 1.165) is 41.8 Å². The van der Waals surface area contributed by atoms with E-state index >= 15 is 0 Å². The van der Waals surface area contributed by atoms with E-state index in [2.05, 4.69) is 24.1 Å². The van der Waals surface area contributed by atoms with Crippen molar-refractivity contribution in [2.45, 2.75) is 52.4 Å². The van der Waals surface area contributed by atoms with Crippen LogP contribution in [0.2, 0.25) is 0 Å². The summed E-state index contributed by atoms with van der Waals surface area (Å²) in [5, 5.41) is 5.44. The van der Waals surface area contributed by atoms with E-state index in [1.807, 2.05) is 5.38 Å². The van der Waals surface area contributed by atoms with Crippen LogP contribution in [-0.2, 0) is 19.3 Å². The van der Waals surface area contributed by atoms with Crippen LogP contribution in [0.15, 0.2) is 5.38 Å². The number of carbonyl (C=O) groups excluding carboxylic acids is 2. The fourth-order valence-corrected chi connectivity index (χ4v) is 5.66. The molecular weight excluding hydrogens is 340 g/mol. The maximum absolute atomic E-state index is 12.6. The molecule has 2 heterocycles. The zero-order valence-electron chi connectivity index (χ0n) is 13.9. The Morgan fingerprint density at radius 2 is 2.04 bits per heavy atom. The molecular formula is C18H20N2O2S2. The molecule has 0 fully saturated rings. The highest BCUT2D eigenvalue weighted by atomic mass is 32.1. The van der Waals surface area contributed by atoms with E-state index in [1.165, 1.54) is 28.2 Å². The normalized spacial score (nSPS) is 18.8. The molecule has 0 unspecified atom stereocenters. The summed E-state index contributed by atoms with van der Waals surface area (Å²) in [7, 11) is 0. The molecule has 1 N–H and O–H groups in total. The second kappa shape index (κ2) is 5.77. The number of Topliss-reactive ketones (excluding diaryl/α,β-unsaturated/α-hetero) is 1. The highest BCUT2D eigenvalue weighted by molar-refractivity contribution is 7.17. The van der Waals surface area contributed by atoms with Crippen molar-refractivity contribution in [1.82, 2.24) is 4.98 Å². The van der Waals surface area contributed by atoms with E-state index in [1.54, 1.807) is 11.3 Å². The topological polar surface area (TPSA) is 59.1 Å². The lowest BCUT2D eigenvalue weighted by molar-refractivity contribution is 0.0915. The van der Waals surface area contributed by atoms with Crippen molar-refractivity contribution in [2.24, 2.45) is 5.41 Å². The number of carbonyl (C=O) groups is 2. The number of nitrogens with one attached hydrogen (secondary N) is 1. The van der Waals surface area contributed by atoms with Crippen LogP contribution < -0.4 is 5.32 Å². The predicted molar refractivity (Wildman–Crippen MR) is 97.5 cm³/mol. The summed E-state index contributed by atoms with van der Waals surface area (Å²) in [5.74, 6) is 0.0550. The number of fused-ring (bicyclic) bond motifs is 2. The zero-order chi connectivity index (χ0) is 16.9. The van der Waals surface area contributed by atoms with Gasteiger partial charge in [-0.3, -0.25) is 14.9 Å². The Balaban J connectivity index is 1.57. The molecule has 0 bridgehead atoms. The maximum Gasteiger partial charge on any atom is 0.258 e. The summed E-state index contributed by atoms with van der Waals surface area (Å²) in [5.41, 5.74) is 2.78. The van der Waals surface area contributed by atoms with Gasteiger partial charge in [0.15, 0.2) is 10.9 Å². The van der Waals surface area contributed by atoms with E-state index in [9.17, 15) is 9.59 Å². The maximum atomic E-state index is 12.6. The Morgan fingerprint density at radius 1 is 1.25 bits per heavy atom. The van der Waals surface area contributed by atoms with Gasteiger partial charge in [-0.1, -0.05) is 25.2 Å². The monoisotopic (exact) mass is 360 g/mol. The van der Waals surface area contributed by atoms with Gasteiger partial charge >= 0.3 is 0 Å². The van der Waals surface area contributed by atoms with Gasteiger partial charge in [0, 0.05) is 16.7 Å². The summed E-state index contributed by atoms with van der Waals surface area (Å²) < 4.78 is 0. The van der Waals surface area contributed by atoms with Crippen molar-refractivity contribution in [3.63, 3.8) is 0 Å². The van der Waals surface area contributed by atoms with Crippen LogP contribution in [0.3, 0.4) is 0 Å². The lowest BCUT2D eigenvalue weighted by Gasteiger charge is -2.26. The molecule has 0 radical (unpaired) electrons. The molecule has 2 aromatic rings. The first-order valence-electron chi connectivity index (χ1n) is 8.36. The third-order valence-corrected chi connectivity index (χ3v) is 6.90. The van der Waals surface area contributed by atoms with E-state index in [0.29, 0.717) is 11.6 Å². The molecule has 24 heavy (non-hydrogen) atoms. The smallest absolute Gasteiger partial charge is 0.258 e. The fraction of sp³-hybridized carbons (Fsp3) is 0.500. The Labute approximate surface area is 149 Å². The number of amides is 1. The Kier molecular flexibility index (Phi) is 3.84. The minimum Gasteiger partial charge on any atom is -0.298 e. The highest BCUT2D eigenvalue weighted by Crippen LogP contribution is 2.38. The summed E-state index contributed by atoms with van der Waals surface area (Å²) >= 11 is 3.00. The lowest BCUT2D eigenvalue weighted by Crippen LogP contribution is -2.26. The van der Waals surface area contributed by atoms with E-state index < -0.39 is 0 Å². The van der Waals surface area contributed by atoms with Crippen LogP contribution in [-0.4, -0.2) is 16.7 Å². The molecule has 2 aliphatic rings. The number of ketones is 1. The standard InChI is InChI=1S/C18H20N2O2S2/c1-18(2)7-12-15(13(21)8-18)24-17(19-12)20-16(22)11-9-23-14-6-4-3-5-10(11)14/h9H,3-8H2,1-2H3,(H,19,20,22). The molecule has 126 valence electrons. The van der Waals surface area contributed by atoms with Gasteiger partial charge in [0.25, 0.3) is 5.91 Å². The summed E-state index contributed by atoms with van der Waals surface area (Å²) in [6.45, 7) is 4.17. The number of hydrogen-bond donors (Lipinski definition) is 1. The fourth-order valence-electron chi connectivity index (χ4n) is 3.62. The van der Waals surface area contributed by atoms with Gasteiger partial charge < -0.3 is 0 Å². The third-order valence-electron chi connectivity index (χ3n) is 4.76. The van der Waals surface area contributed by atoms with Gasteiger partial charge in [0.05, 0.1) is 16.1 Å². The summed E-state index contributed by atoms with van der Waals surface area (Å²) in [6.07, 6.45) is 5.78. The molecule has 1 amide bonds. The molecule has 0 spiro atoms. The number of thiazole rings is 1. The van der Waals surface area contributed by atoms with Crippen LogP contribution in [0.5, 0.6) is 0 Å². The molecule has 0 saturated carbocycles. The van der Waals surface area contributed by atoms with Gasteiger partial charge in [0.1, 0.15) is 0 Å². The Morgan fingerprint density at radius 3 is 2.88 bits per heavy atom. The van der Waals surface area contributed by atoms with Crippen molar-refractivity contribution in [3.8, 4) is 0 Å². The first kappa shape index (κ1) is 16.0. The third kappa shape index (κ3) is 2.82. The van der Waals surface area contributed by atoms with Crippen molar-refractivity contribution in [1.29, 1.82) is 0 Å². The Bertz CT molecular complexity index is 832. The zero-order valence-corrected chi connectivity index (χ0v) is 15.5. The first-order chi connectivity index (χ1) is 11.4. The van der Waals surface area contributed by atoms with Gasteiger partial charge in [-0.05, 0) is 43.1 Å². The molecule has 4 nitrogen and oxygen atoms in total. The molecule has 0 saturated heterocycles. The molecule has 6 heteroatoms. The number of anilines is 1. The second-order valence-electron chi connectivity index (χ2n) is 7.45. The lowest BCUT2D eigenvalue weighted by atomic mass is 9.78. The van der Waals surface area contributed by atoms with Crippen molar-refractivity contribution < 1.29 is 9.59 Å². The van der Waals surface area contributed by atoms with Crippen LogP contribution >= 0.6 is 22.7 Å². The first-order valence-corrected chi connectivity index (χ1v) is 10.1. The summed E-state index contributed by atoms with van der Waals surface area (Å²) in [6, 6.07) is 0. The average Bonchev–Trinajstić information content (AvgIpc) is 3.09. The van der Waals surface area contributed by atoms with Gasteiger partial charge in [-0.25, -0.2) is 4.98 Å². The average molecular weight is 361 g/mol. The van der Waals surface area contributed by atoms with Crippen LogP contribution in [0, 0.1) is 5.41 Å². The van der Waals surface area contributed by atoms with Crippen molar-refractivity contribution in [2.75, 3.05) is 5.32 Å². The van der Waals surface area contributed by atoms with Crippen molar-refractivity contribution >= 4 is 39.5 Å². The van der Waals surface area contributed by atoms with Gasteiger partial charge in [-0.2, -0.15) is 0 Å². The number of nitrogens with zero attached hydrogens (tertiary/aromatic N) is 1. The Hall–Kier alpha value is -1.53. The quantitative estimate of drug-likeness (QED) is 0.858. The van der Waals surface area contributed by atoms with Crippen LogP contribution in [0.25, 0.3) is 0 Å². The van der Waals surface area contributed by atoms with Crippen molar-refractivity contribution in [3.05, 3.63) is 32.0 Å². The number of thiophene rings is 1.